The molecule has 1 aliphatic rings. The molecule has 6 heteroatoms. The lowest BCUT2D eigenvalue weighted by Gasteiger charge is -2.06. The van der Waals surface area contributed by atoms with Crippen LogP contribution in [0.25, 0.3) is 0 Å². The Bertz CT molecular complexity index is 493. The smallest absolute Gasteiger partial charge is 0.315 e. The monoisotopic (exact) mass is 266 g/mol. The van der Waals surface area contributed by atoms with Gasteiger partial charge in [-0.2, -0.15) is 0 Å². The second kappa shape index (κ2) is 5.69. The molecule has 2 unspecified atom stereocenters. The number of hydrogen-bond acceptors (Lipinski definition) is 2. The average Bonchev–Trinajstić information content (AvgIpc) is 3.07. The Morgan fingerprint density at radius 1 is 1.42 bits per heavy atom. The van der Waals surface area contributed by atoms with Crippen LogP contribution in [0.15, 0.2) is 24.3 Å². The molecular weight excluding hydrogens is 251 g/mol. The predicted octanol–water partition coefficient (Wildman–Crippen LogP) is 1.46. The van der Waals surface area contributed by atoms with E-state index in [4.69, 9.17) is 5.11 Å². The summed E-state index contributed by atoms with van der Waals surface area (Å²) >= 11 is 0. The highest BCUT2D eigenvalue weighted by Gasteiger charge is 2.39. The number of nitrogens with one attached hydrogen (secondary N) is 2. The summed E-state index contributed by atoms with van der Waals surface area (Å²) in [6, 6.07) is 5.93. The molecule has 1 aromatic rings. The van der Waals surface area contributed by atoms with Crippen LogP contribution < -0.4 is 10.6 Å². The highest BCUT2D eigenvalue weighted by molar-refractivity contribution is 5.75. The number of aliphatic carboxylic acids is 1. The molecule has 0 heterocycles. The molecule has 102 valence electrons. The summed E-state index contributed by atoms with van der Waals surface area (Å²) in [4.78, 5) is 21.7. The molecule has 0 radical (unpaired) electrons. The van der Waals surface area contributed by atoms with Crippen LogP contribution in [0.4, 0.5) is 9.18 Å². The van der Waals surface area contributed by atoms with Crippen molar-refractivity contribution in [2.75, 3.05) is 6.54 Å². The van der Waals surface area contributed by atoms with Gasteiger partial charge in [-0.1, -0.05) is 12.1 Å². The molecule has 1 saturated carbocycles. The van der Waals surface area contributed by atoms with Crippen molar-refractivity contribution in [2.24, 2.45) is 0 Å². The van der Waals surface area contributed by atoms with E-state index < -0.39 is 5.97 Å². The van der Waals surface area contributed by atoms with Gasteiger partial charge in [-0.05, 0) is 24.1 Å². The Balaban J connectivity index is 1.74. The lowest BCUT2D eigenvalue weighted by atomic mass is 10.1. The molecule has 2 amide bonds. The zero-order valence-electron chi connectivity index (χ0n) is 10.2. The van der Waals surface area contributed by atoms with Crippen molar-refractivity contribution in [2.45, 2.75) is 24.8 Å². The van der Waals surface area contributed by atoms with Crippen molar-refractivity contribution in [1.29, 1.82) is 0 Å². The molecule has 0 aromatic heterocycles. The summed E-state index contributed by atoms with van der Waals surface area (Å²) in [5.41, 5.74) is 0.871. The zero-order valence-corrected chi connectivity index (χ0v) is 10.2. The van der Waals surface area contributed by atoms with Crippen LogP contribution in [0.1, 0.15) is 24.3 Å². The Labute approximate surface area is 109 Å². The van der Waals surface area contributed by atoms with E-state index in [0.29, 0.717) is 0 Å². The number of urea groups is 1. The van der Waals surface area contributed by atoms with E-state index in [2.05, 4.69) is 10.6 Å². The van der Waals surface area contributed by atoms with E-state index in [1.807, 2.05) is 6.07 Å². The van der Waals surface area contributed by atoms with Gasteiger partial charge in [-0.15, -0.1) is 0 Å². The fourth-order valence-corrected chi connectivity index (χ4v) is 1.96. The SMILES string of the molecule is O=C(O)CCNC(=O)NC1CC1c1cccc(F)c1. The van der Waals surface area contributed by atoms with Crippen molar-refractivity contribution < 1.29 is 19.1 Å². The molecule has 0 spiro atoms. The van der Waals surface area contributed by atoms with Gasteiger partial charge in [-0.25, -0.2) is 9.18 Å². The summed E-state index contributed by atoms with van der Waals surface area (Å²) < 4.78 is 13.0. The number of carboxylic acid groups (broad SMARTS) is 1. The van der Waals surface area contributed by atoms with Gasteiger partial charge in [0.15, 0.2) is 0 Å². The Morgan fingerprint density at radius 3 is 2.89 bits per heavy atom. The lowest BCUT2D eigenvalue weighted by Crippen LogP contribution is -2.38. The van der Waals surface area contributed by atoms with Gasteiger partial charge in [0, 0.05) is 18.5 Å². The van der Waals surface area contributed by atoms with E-state index in [1.54, 1.807) is 6.07 Å². The van der Waals surface area contributed by atoms with Gasteiger partial charge < -0.3 is 15.7 Å². The highest BCUT2D eigenvalue weighted by atomic mass is 19.1. The normalized spacial score (nSPS) is 20.7. The highest BCUT2D eigenvalue weighted by Crippen LogP contribution is 2.40. The third-order valence-electron chi connectivity index (χ3n) is 3.01. The van der Waals surface area contributed by atoms with E-state index in [9.17, 15) is 14.0 Å². The summed E-state index contributed by atoms with van der Waals surface area (Å²) in [7, 11) is 0. The van der Waals surface area contributed by atoms with Crippen molar-refractivity contribution in [1.82, 2.24) is 10.6 Å². The van der Waals surface area contributed by atoms with Gasteiger partial charge in [0.2, 0.25) is 0 Å². The predicted molar refractivity (Wildman–Crippen MR) is 66.3 cm³/mol. The number of carbonyl (C=O) groups is 2. The van der Waals surface area contributed by atoms with Gasteiger partial charge in [0.1, 0.15) is 5.82 Å². The van der Waals surface area contributed by atoms with Crippen LogP contribution in [0.3, 0.4) is 0 Å². The fourth-order valence-electron chi connectivity index (χ4n) is 1.96. The van der Waals surface area contributed by atoms with Crippen LogP contribution >= 0.6 is 0 Å². The third kappa shape index (κ3) is 3.94. The number of carbonyl (C=O) groups excluding carboxylic acids is 1. The molecule has 5 nitrogen and oxygen atoms in total. The molecule has 19 heavy (non-hydrogen) atoms. The molecule has 2 atom stereocenters. The first-order valence-electron chi connectivity index (χ1n) is 6.08. The van der Waals surface area contributed by atoms with Gasteiger partial charge >= 0.3 is 12.0 Å². The van der Waals surface area contributed by atoms with Crippen molar-refractivity contribution in [3.05, 3.63) is 35.6 Å². The largest absolute Gasteiger partial charge is 0.481 e. The number of amides is 2. The maximum absolute atomic E-state index is 13.0. The summed E-state index contributed by atoms with van der Waals surface area (Å²) in [5.74, 6) is -1.10. The molecule has 0 aliphatic heterocycles. The van der Waals surface area contributed by atoms with Crippen LogP contribution in [0.5, 0.6) is 0 Å². The Hall–Kier alpha value is -2.11. The van der Waals surface area contributed by atoms with Crippen LogP contribution in [-0.4, -0.2) is 29.7 Å². The first-order valence-corrected chi connectivity index (χ1v) is 6.08. The second-order valence-electron chi connectivity index (χ2n) is 4.55. The minimum atomic E-state index is -0.954. The maximum atomic E-state index is 13.0. The fraction of sp³-hybridized carbons (Fsp3) is 0.385. The summed E-state index contributed by atoms with van der Waals surface area (Å²) in [6.45, 7) is 0.0958. The van der Waals surface area contributed by atoms with Gasteiger partial charge in [0.05, 0.1) is 6.42 Å². The number of rotatable bonds is 5. The second-order valence-corrected chi connectivity index (χ2v) is 4.55. The molecule has 2 rings (SSSR count). The first kappa shape index (κ1) is 13.3. The molecule has 1 aliphatic carbocycles. The van der Waals surface area contributed by atoms with Gasteiger partial charge in [0.25, 0.3) is 0 Å². The number of benzene rings is 1. The van der Waals surface area contributed by atoms with Crippen LogP contribution in [0.2, 0.25) is 0 Å². The number of hydrogen-bond donors (Lipinski definition) is 3. The van der Waals surface area contributed by atoms with Crippen molar-refractivity contribution in [3.8, 4) is 0 Å². The van der Waals surface area contributed by atoms with Gasteiger partial charge in [-0.3, -0.25) is 4.79 Å². The number of carboxylic acids is 1. The standard InChI is InChI=1S/C13H15FN2O3/c14-9-3-1-2-8(6-9)10-7-11(10)16-13(19)15-5-4-12(17)18/h1-3,6,10-11H,4-5,7H2,(H,17,18)(H2,15,16,19). The summed E-state index contributed by atoms with van der Waals surface area (Å²) in [5, 5.41) is 13.6. The Morgan fingerprint density at radius 2 is 2.21 bits per heavy atom. The quantitative estimate of drug-likeness (QED) is 0.755. The summed E-state index contributed by atoms with van der Waals surface area (Å²) in [6.07, 6.45) is 0.668. The van der Waals surface area contributed by atoms with E-state index in [0.717, 1.165) is 12.0 Å². The Kier molecular flexibility index (Phi) is 3.99. The first-order chi connectivity index (χ1) is 9.06. The maximum Gasteiger partial charge on any atom is 0.315 e. The van der Waals surface area contributed by atoms with E-state index >= 15 is 0 Å². The van der Waals surface area contributed by atoms with Crippen LogP contribution in [-0.2, 0) is 4.79 Å². The zero-order chi connectivity index (χ0) is 13.8. The topological polar surface area (TPSA) is 78.4 Å². The molecule has 0 bridgehead atoms. The van der Waals surface area contributed by atoms with E-state index in [-0.39, 0.29) is 36.8 Å². The minimum absolute atomic E-state index is 0.00775. The average molecular weight is 266 g/mol. The molecule has 3 N–H and O–H groups in total. The third-order valence-corrected chi connectivity index (χ3v) is 3.01. The molecule has 0 saturated heterocycles. The molecule has 1 fully saturated rings. The van der Waals surface area contributed by atoms with Crippen molar-refractivity contribution >= 4 is 12.0 Å². The molecule has 1 aromatic carbocycles. The van der Waals surface area contributed by atoms with Crippen molar-refractivity contribution in [3.63, 3.8) is 0 Å². The van der Waals surface area contributed by atoms with Crippen LogP contribution in [0, 0.1) is 5.82 Å². The molecular formula is C13H15FN2O3. The van der Waals surface area contributed by atoms with E-state index in [1.165, 1.54) is 12.1 Å². The minimum Gasteiger partial charge on any atom is -0.481 e. The number of halogens is 1. The lowest BCUT2D eigenvalue weighted by molar-refractivity contribution is -0.136.